The van der Waals surface area contributed by atoms with Crippen molar-refractivity contribution in [3.8, 4) is 17.2 Å². The highest BCUT2D eigenvalue weighted by Gasteiger charge is 2.59. The van der Waals surface area contributed by atoms with Crippen molar-refractivity contribution < 1.29 is 37.6 Å². The van der Waals surface area contributed by atoms with Gasteiger partial charge >= 0.3 is 6.18 Å². The van der Waals surface area contributed by atoms with Gasteiger partial charge in [0.2, 0.25) is 0 Å². The average Bonchev–Trinajstić information content (AvgIpc) is 2.51. The Kier molecular flexibility index (Phi) is 4.06. The van der Waals surface area contributed by atoms with E-state index in [0.717, 1.165) is 30.3 Å². The van der Waals surface area contributed by atoms with Gasteiger partial charge in [0.05, 0.1) is 0 Å². The fraction of sp³-hybridized carbons (Fsp3) is 0.333. The number of phenols is 2. The minimum atomic E-state index is -5.06. The van der Waals surface area contributed by atoms with Gasteiger partial charge in [0.25, 0.3) is 0 Å². The van der Waals surface area contributed by atoms with E-state index < -0.39 is 41.8 Å². The van der Waals surface area contributed by atoms with Crippen molar-refractivity contribution in [1.82, 2.24) is 0 Å². The number of fused-ring (bicyclic) bond motifs is 1. The second-order valence-corrected chi connectivity index (χ2v) is 6.67. The number of ether oxygens (including phenoxy) is 1. The molecule has 0 saturated heterocycles. The molecule has 4 nitrogen and oxygen atoms in total. The van der Waals surface area contributed by atoms with Gasteiger partial charge in [-0.05, 0) is 43.3 Å². The van der Waals surface area contributed by atoms with Gasteiger partial charge in [-0.15, -0.1) is 0 Å². The first-order chi connectivity index (χ1) is 11.9. The molecule has 0 amide bonds. The maximum atomic E-state index is 13.6. The maximum absolute atomic E-state index is 13.6. The van der Waals surface area contributed by atoms with Crippen molar-refractivity contribution >= 4 is 0 Å². The lowest BCUT2D eigenvalue weighted by atomic mass is 9.76. The Morgan fingerprint density at radius 1 is 1.08 bits per heavy atom. The maximum Gasteiger partial charge on any atom is 0.417 e. The van der Waals surface area contributed by atoms with Crippen molar-refractivity contribution in [3.05, 3.63) is 53.3 Å². The zero-order valence-electron chi connectivity index (χ0n) is 13.6. The zero-order chi connectivity index (χ0) is 19.3. The predicted octanol–water partition coefficient (Wildman–Crippen LogP) is 3.77. The van der Waals surface area contributed by atoms with Crippen LogP contribution >= 0.6 is 0 Å². The fourth-order valence-corrected chi connectivity index (χ4v) is 3.24. The zero-order valence-corrected chi connectivity index (χ0v) is 13.6. The van der Waals surface area contributed by atoms with E-state index in [1.807, 2.05) is 0 Å². The standard InChI is InChI=1S/C18H16F4O4/c1-16(13-7-11(19)2-5-15(13)26-16)9-17(25,18(20,21)22)8-10-6-12(23)3-4-14(10)24/h2-7,23-25H,8-9H2,1H3. The van der Waals surface area contributed by atoms with Gasteiger partial charge in [0.15, 0.2) is 5.60 Å². The van der Waals surface area contributed by atoms with Crippen molar-refractivity contribution in [2.45, 2.75) is 37.1 Å². The molecule has 8 heteroatoms. The lowest BCUT2D eigenvalue weighted by Gasteiger charge is -2.46. The van der Waals surface area contributed by atoms with Gasteiger partial charge in [-0.2, -0.15) is 13.2 Å². The second-order valence-electron chi connectivity index (χ2n) is 6.67. The summed E-state index contributed by atoms with van der Waals surface area (Å²) in [6, 6.07) is 6.60. The lowest BCUT2D eigenvalue weighted by molar-refractivity contribution is -0.275. The van der Waals surface area contributed by atoms with Crippen LogP contribution in [0.1, 0.15) is 24.5 Å². The molecule has 0 fully saturated rings. The van der Waals surface area contributed by atoms with Crippen LogP contribution in [-0.2, 0) is 12.0 Å². The molecule has 1 heterocycles. The summed E-state index contributed by atoms with van der Waals surface area (Å²) in [6.07, 6.45) is -6.96. The fourth-order valence-electron chi connectivity index (χ4n) is 3.24. The Morgan fingerprint density at radius 3 is 2.42 bits per heavy atom. The summed E-state index contributed by atoms with van der Waals surface area (Å²) < 4.78 is 59.7. The number of phenolic OH excluding ortho intramolecular Hbond substituents is 2. The molecular formula is C18H16F4O4. The monoisotopic (exact) mass is 372 g/mol. The molecule has 2 atom stereocenters. The van der Waals surface area contributed by atoms with Crippen LogP contribution in [0.4, 0.5) is 17.6 Å². The molecule has 3 rings (SSSR count). The van der Waals surface area contributed by atoms with E-state index in [9.17, 15) is 32.9 Å². The number of aliphatic hydroxyl groups is 1. The third-order valence-corrected chi connectivity index (χ3v) is 4.55. The third-order valence-electron chi connectivity index (χ3n) is 4.55. The Hall–Kier alpha value is -2.48. The molecular weight excluding hydrogens is 356 g/mol. The molecule has 0 radical (unpaired) electrons. The molecule has 1 aliphatic rings. The number of rotatable bonds is 4. The van der Waals surface area contributed by atoms with E-state index >= 15 is 0 Å². The quantitative estimate of drug-likeness (QED) is 0.565. The molecule has 140 valence electrons. The molecule has 1 aliphatic heterocycles. The summed E-state index contributed by atoms with van der Waals surface area (Å²) in [7, 11) is 0. The van der Waals surface area contributed by atoms with Crippen molar-refractivity contribution in [3.63, 3.8) is 0 Å². The number of hydrogen-bond donors (Lipinski definition) is 3. The van der Waals surface area contributed by atoms with Gasteiger partial charge in [-0.3, -0.25) is 0 Å². The Bertz CT molecular complexity index is 852. The van der Waals surface area contributed by atoms with Crippen LogP contribution in [0.3, 0.4) is 0 Å². The van der Waals surface area contributed by atoms with Crippen LogP contribution in [0.5, 0.6) is 17.2 Å². The minimum absolute atomic E-state index is 0.223. The van der Waals surface area contributed by atoms with E-state index in [1.165, 1.54) is 13.0 Å². The highest BCUT2D eigenvalue weighted by atomic mass is 19.4. The van der Waals surface area contributed by atoms with E-state index in [4.69, 9.17) is 4.74 Å². The Balaban J connectivity index is 1.95. The first kappa shape index (κ1) is 18.3. The van der Waals surface area contributed by atoms with Crippen LogP contribution in [-0.4, -0.2) is 27.1 Å². The average molecular weight is 372 g/mol. The van der Waals surface area contributed by atoms with Crippen LogP contribution in [0, 0.1) is 5.82 Å². The predicted molar refractivity (Wildman–Crippen MR) is 83.5 cm³/mol. The highest BCUT2D eigenvalue weighted by molar-refractivity contribution is 5.46. The molecule has 0 spiro atoms. The SMILES string of the molecule is CC1(CC(O)(Cc2cc(O)ccc2O)C(F)(F)F)Oc2ccc(F)cc21. The summed E-state index contributed by atoms with van der Waals surface area (Å²) in [6.45, 7) is 1.33. The summed E-state index contributed by atoms with van der Waals surface area (Å²) >= 11 is 0. The molecule has 0 saturated carbocycles. The Labute approximate surface area is 146 Å². The molecule has 0 aromatic heterocycles. The summed E-state index contributed by atoms with van der Waals surface area (Å²) in [4.78, 5) is 0. The lowest BCUT2D eigenvalue weighted by Crippen LogP contribution is -2.54. The summed E-state index contributed by atoms with van der Waals surface area (Å²) in [5.41, 5.74) is -4.86. The first-order valence-corrected chi connectivity index (χ1v) is 7.73. The minimum Gasteiger partial charge on any atom is -0.508 e. The van der Waals surface area contributed by atoms with Crippen LogP contribution in [0.15, 0.2) is 36.4 Å². The topological polar surface area (TPSA) is 69.9 Å². The van der Waals surface area contributed by atoms with Crippen molar-refractivity contribution in [2.75, 3.05) is 0 Å². The molecule has 2 unspecified atom stereocenters. The van der Waals surface area contributed by atoms with Gasteiger partial charge in [-0.25, -0.2) is 4.39 Å². The number of hydrogen-bond acceptors (Lipinski definition) is 4. The number of aromatic hydroxyl groups is 2. The second kappa shape index (κ2) is 5.77. The van der Waals surface area contributed by atoms with Crippen molar-refractivity contribution in [1.29, 1.82) is 0 Å². The number of benzene rings is 2. The van der Waals surface area contributed by atoms with E-state index in [-0.39, 0.29) is 22.6 Å². The molecule has 0 aliphatic carbocycles. The van der Waals surface area contributed by atoms with E-state index in [2.05, 4.69) is 0 Å². The molecule has 2 aromatic carbocycles. The van der Waals surface area contributed by atoms with Gasteiger partial charge in [-0.1, -0.05) is 0 Å². The van der Waals surface area contributed by atoms with Crippen LogP contribution < -0.4 is 4.74 Å². The number of alkyl halides is 3. The molecule has 2 aromatic rings. The van der Waals surface area contributed by atoms with Gasteiger partial charge in [0, 0.05) is 24.0 Å². The van der Waals surface area contributed by atoms with Crippen molar-refractivity contribution in [2.24, 2.45) is 0 Å². The molecule has 26 heavy (non-hydrogen) atoms. The van der Waals surface area contributed by atoms with Crippen LogP contribution in [0.2, 0.25) is 0 Å². The molecule has 0 bridgehead atoms. The Morgan fingerprint density at radius 2 is 1.77 bits per heavy atom. The van der Waals surface area contributed by atoms with Gasteiger partial charge < -0.3 is 20.1 Å². The van der Waals surface area contributed by atoms with E-state index in [1.54, 1.807) is 0 Å². The molecule has 3 N–H and O–H groups in total. The highest BCUT2D eigenvalue weighted by Crippen LogP contribution is 2.52. The number of halogens is 4. The largest absolute Gasteiger partial charge is 0.508 e. The smallest absolute Gasteiger partial charge is 0.417 e. The summed E-state index contributed by atoms with van der Waals surface area (Å²) in [5.74, 6) is -1.21. The normalized spacial score (nSPS) is 21.3. The van der Waals surface area contributed by atoms with Crippen LogP contribution in [0.25, 0.3) is 0 Å². The third kappa shape index (κ3) is 3.05. The first-order valence-electron chi connectivity index (χ1n) is 7.73. The summed E-state index contributed by atoms with van der Waals surface area (Å²) in [5, 5.41) is 29.6. The van der Waals surface area contributed by atoms with Gasteiger partial charge in [0.1, 0.15) is 28.7 Å². The van der Waals surface area contributed by atoms with E-state index in [0.29, 0.717) is 0 Å².